The number of halogens is 1. The van der Waals surface area contributed by atoms with Gasteiger partial charge in [-0.15, -0.1) is 11.3 Å². The fraction of sp³-hybridized carbons (Fsp3) is 0.200. The Hall–Kier alpha value is -2.43. The van der Waals surface area contributed by atoms with E-state index in [0.717, 1.165) is 22.6 Å². The Morgan fingerprint density at radius 2 is 1.73 bits per heavy atom. The van der Waals surface area contributed by atoms with E-state index in [1.807, 2.05) is 6.92 Å². The van der Waals surface area contributed by atoms with Gasteiger partial charge in [-0.25, -0.2) is 21.2 Å². The minimum absolute atomic E-state index is 0.00888. The van der Waals surface area contributed by atoms with Gasteiger partial charge in [0.25, 0.3) is 20.0 Å². The van der Waals surface area contributed by atoms with E-state index in [0.29, 0.717) is 30.8 Å². The smallest absolute Gasteiger partial charge is 0.271 e. The summed E-state index contributed by atoms with van der Waals surface area (Å²) in [4.78, 5) is 0.900. The lowest BCUT2D eigenvalue weighted by Crippen LogP contribution is -2.35. The fourth-order valence-electron chi connectivity index (χ4n) is 3.37. The first-order valence-electron chi connectivity index (χ1n) is 9.17. The van der Waals surface area contributed by atoms with Crippen LogP contribution in [-0.2, 0) is 26.5 Å². The molecule has 0 bridgehead atoms. The topological polar surface area (TPSA) is 83.6 Å². The summed E-state index contributed by atoms with van der Waals surface area (Å²) < 4.78 is 68.5. The Morgan fingerprint density at radius 1 is 1.00 bits per heavy atom. The van der Waals surface area contributed by atoms with Crippen LogP contribution < -0.4 is 9.03 Å². The zero-order valence-electron chi connectivity index (χ0n) is 16.0. The van der Waals surface area contributed by atoms with Gasteiger partial charge in [-0.1, -0.05) is 0 Å². The van der Waals surface area contributed by atoms with Crippen molar-refractivity contribution in [1.29, 1.82) is 0 Å². The van der Waals surface area contributed by atoms with E-state index in [1.54, 1.807) is 30.3 Å². The number of anilines is 2. The maximum Gasteiger partial charge on any atom is 0.271 e. The third-order valence-electron chi connectivity index (χ3n) is 4.79. The number of thiophene rings is 1. The number of nitrogens with zero attached hydrogens (tertiary/aromatic N) is 1. The van der Waals surface area contributed by atoms with Crippen LogP contribution in [0.15, 0.2) is 63.7 Å². The molecule has 1 aliphatic heterocycles. The molecule has 1 aromatic heterocycles. The summed E-state index contributed by atoms with van der Waals surface area (Å²) in [5.74, 6) is -0.508. The summed E-state index contributed by atoms with van der Waals surface area (Å²) in [5, 5.41) is 0. The third-order valence-corrected chi connectivity index (χ3v) is 9.49. The van der Waals surface area contributed by atoms with Crippen LogP contribution in [0.1, 0.15) is 16.9 Å². The third kappa shape index (κ3) is 3.94. The first kappa shape index (κ1) is 20.8. The largest absolute Gasteiger partial charge is 0.279 e. The summed E-state index contributed by atoms with van der Waals surface area (Å²) in [7, 11) is -7.56. The van der Waals surface area contributed by atoms with Gasteiger partial charge in [-0.3, -0.25) is 9.03 Å². The van der Waals surface area contributed by atoms with Crippen LogP contribution in [0, 0.1) is 12.7 Å². The molecule has 2 aromatic carbocycles. The zero-order valence-corrected chi connectivity index (χ0v) is 18.4. The van der Waals surface area contributed by atoms with E-state index in [-0.39, 0.29) is 9.10 Å². The predicted molar refractivity (Wildman–Crippen MR) is 116 cm³/mol. The van der Waals surface area contributed by atoms with E-state index in [2.05, 4.69) is 4.72 Å². The van der Waals surface area contributed by atoms with Crippen molar-refractivity contribution >= 4 is 42.8 Å². The standard InChI is InChI=1S/C20H19FN2O4S3/c1-14-4-11-20(28-14)29(24,25)22-17-7-10-19-15(13-17)3-2-12-23(19)30(26,27)18-8-5-16(21)6-9-18/h4-11,13,22H,2-3,12H2,1H3. The Balaban J connectivity index is 1.65. The van der Waals surface area contributed by atoms with Gasteiger partial charge in [0.15, 0.2) is 0 Å². The lowest BCUT2D eigenvalue weighted by atomic mass is 10.0. The summed E-state index contributed by atoms with van der Waals surface area (Å²) >= 11 is 1.18. The number of sulfonamides is 2. The molecule has 158 valence electrons. The van der Waals surface area contributed by atoms with Crippen LogP contribution >= 0.6 is 11.3 Å². The van der Waals surface area contributed by atoms with E-state index in [1.165, 1.54) is 27.8 Å². The molecule has 3 aromatic rings. The van der Waals surface area contributed by atoms with Crippen molar-refractivity contribution < 1.29 is 21.2 Å². The minimum atomic E-state index is -3.85. The Morgan fingerprint density at radius 3 is 2.40 bits per heavy atom. The molecule has 2 heterocycles. The molecule has 0 amide bonds. The van der Waals surface area contributed by atoms with Crippen molar-refractivity contribution in [1.82, 2.24) is 0 Å². The number of hydrogen-bond donors (Lipinski definition) is 1. The highest BCUT2D eigenvalue weighted by Gasteiger charge is 2.29. The van der Waals surface area contributed by atoms with Crippen molar-refractivity contribution in [2.45, 2.75) is 28.9 Å². The lowest BCUT2D eigenvalue weighted by molar-refractivity contribution is 0.585. The highest BCUT2D eigenvalue weighted by Crippen LogP contribution is 2.34. The molecule has 0 radical (unpaired) electrons. The van der Waals surface area contributed by atoms with Crippen LogP contribution in [-0.4, -0.2) is 23.4 Å². The lowest BCUT2D eigenvalue weighted by Gasteiger charge is -2.31. The normalized spacial score (nSPS) is 14.4. The summed E-state index contributed by atoms with van der Waals surface area (Å²) in [6.45, 7) is 2.13. The number of hydrogen-bond acceptors (Lipinski definition) is 5. The van der Waals surface area contributed by atoms with Crippen molar-refractivity contribution in [3.05, 3.63) is 70.9 Å². The molecule has 1 aliphatic rings. The van der Waals surface area contributed by atoms with Gasteiger partial charge in [-0.2, -0.15) is 0 Å². The summed E-state index contributed by atoms with van der Waals surface area (Å²) in [6, 6.07) is 12.8. The highest BCUT2D eigenvalue weighted by molar-refractivity contribution is 7.94. The maximum absolute atomic E-state index is 13.2. The first-order valence-corrected chi connectivity index (χ1v) is 12.9. The van der Waals surface area contributed by atoms with Gasteiger partial charge >= 0.3 is 0 Å². The van der Waals surface area contributed by atoms with E-state index < -0.39 is 25.9 Å². The second-order valence-corrected chi connectivity index (χ2v) is 12.0. The van der Waals surface area contributed by atoms with Crippen LogP contribution in [0.5, 0.6) is 0 Å². The quantitative estimate of drug-likeness (QED) is 0.613. The van der Waals surface area contributed by atoms with Crippen molar-refractivity contribution in [3.63, 3.8) is 0 Å². The average molecular weight is 467 g/mol. The Kier molecular flexibility index (Phi) is 5.33. The van der Waals surface area contributed by atoms with E-state index in [9.17, 15) is 21.2 Å². The number of aryl methyl sites for hydroxylation is 2. The molecule has 0 fully saturated rings. The van der Waals surface area contributed by atoms with Crippen LogP contribution in [0.2, 0.25) is 0 Å². The second-order valence-electron chi connectivity index (χ2n) is 6.95. The molecule has 6 nitrogen and oxygen atoms in total. The molecule has 0 saturated heterocycles. The van der Waals surface area contributed by atoms with Gasteiger partial charge in [0, 0.05) is 17.1 Å². The van der Waals surface area contributed by atoms with Crippen LogP contribution in [0.3, 0.4) is 0 Å². The SMILES string of the molecule is Cc1ccc(S(=O)(=O)Nc2ccc3c(c2)CCCN3S(=O)(=O)c2ccc(F)cc2)s1. The van der Waals surface area contributed by atoms with Crippen LogP contribution in [0.25, 0.3) is 0 Å². The van der Waals surface area contributed by atoms with Gasteiger partial charge in [0.1, 0.15) is 10.0 Å². The van der Waals surface area contributed by atoms with Gasteiger partial charge in [-0.05, 0) is 79.9 Å². The highest BCUT2D eigenvalue weighted by atomic mass is 32.2. The monoisotopic (exact) mass is 466 g/mol. The Bertz CT molecular complexity index is 1300. The van der Waals surface area contributed by atoms with Gasteiger partial charge in [0.05, 0.1) is 10.6 Å². The summed E-state index contributed by atoms with van der Waals surface area (Å²) in [6.07, 6.45) is 1.21. The molecule has 0 spiro atoms. The van der Waals surface area contributed by atoms with Crippen molar-refractivity contribution in [2.75, 3.05) is 15.6 Å². The Labute approximate surface area is 179 Å². The number of benzene rings is 2. The average Bonchev–Trinajstić information content (AvgIpc) is 3.15. The fourth-order valence-corrected chi connectivity index (χ4v) is 7.25. The molecule has 0 aliphatic carbocycles. The molecule has 4 rings (SSSR count). The minimum Gasteiger partial charge on any atom is -0.279 e. The van der Waals surface area contributed by atoms with Gasteiger partial charge in [0.2, 0.25) is 0 Å². The second kappa shape index (κ2) is 7.68. The molecule has 10 heteroatoms. The molecular weight excluding hydrogens is 447 g/mol. The molecule has 0 saturated carbocycles. The molecule has 1 N–H and O–H groups in total. The van der Waals surface area contributed by atoms with E-state index in [4.69, 9.17) is 0 Å². The van der Waals surface area contributed by atoms with Crippen LogP contribution in [0.4, 0.5) is 15.8 Å². The van der Waals surface area contributed by atoms with Crippen molar-refractivity contribution in [2.24, 2.45) is 0 Å². The van der Waals surface area contributed by atoms with Gasteiger partial charge < -0.3 is 0 Å². The summed E-state index contributed by atoms with van der Waals surface area (Å²) in [5.41, 5.74) is 1.61. The molecule has 0 atom stereocenters. The first-order chi connectivity index (χ1) is 14.2. The molecular formula is C20H19FN2O4S3. The zero-order chi connectivity index (χ0) is 21.5. The van der Waals surface area contributed by atoms with Crippen molar-refractivity contribution in [3.8, 4) is 0 Å². The molecule has 30 heavy (non-hydrogen) atoms. The molecule has 0 unspecified atom stereocenters. The van der Waals surface area contributed by atoms with E-state index >= 15 is 0 Å². The maximum atomic E-state index is 13.2. The number of fused-ring (bicyclic) bond motifs is 1. The predicted octanol–water partition coefficient (Wildman–Crippen LogP) is 4.14. The number of nitrogens with one attached hydrogen (secondary N) is 1. The number of rotatable bonds is 5.